The minimum absolute atomic E-state index is 0.107. The van der Waals surface area contributed by atoms with Crippen molar-refractivity contribution in [2.45, 2.75) is 12.5 Å². The van der Waals surface area contributed by atoms with Crippen molar-refractivity contribution >= 4 is 15.9 Å². The molecule has 0 amide bonds. The maximum atomic E-state index is 6.23. The lowest BCUT2D eigenvalue weighted by Gasteiger charge is -2.14. The van der Waals surface area contributed by atoms with E-state index in [1.54, 1.807) is 11.8 Å². The van der Waals surface area contributed by atoms with Gasteiger partial charge in [0.2, 0.25) is 0 Å². The Morgan fingerprint density at radius 3 is 2.83 bits per heavy atom. The lowest BCUT2D eigenvalue weighted by molar-refractivity contribution is 0.413. The summed E-state index contributed by atoms with van der Waals surface area (Å²) in [6, 6.07) is 7.68. The molecule has 96 valence electrons. The predicted molar refractivity (Wildman–Crippen MR) is 74.5 cm³/mol. The number of nitrogens with two attached hydrogens (primary N) is 1. The third-order valence-corrected chi connectivity index (χ3v) is 3.52. The standard InChI is InChI=1S/C13H16BrN3O/c1-17-6-5-9(16-17)7-13(15)11-8-10(18-2)3-4-12(11)14/h3-6,8,13H,7,15H2,1-2H3. The van der Waals surface area contributed by atoms with Gasteiger partial charge in [-0.1, -0.05) is 15.9 Å². The number of benzene rings is 1. The molecule has 0 spiro atoms. The van der Waals surface area contributed by atoms with Crippen LogP contribution in [0, 0.1) is 0 Å². The van der Waals surface area contributed by atoms with E-state index in [9.17, 15) is 0 Å². The molecule has 1 aromatic heterocycles. The summed E-state index contributed by atoms with van der Waals surface area (Å²) < 4.78 is 7.99. The Morgan fingerprint density at radius 2 is 2.22 bits per heavy atom. The highest BCUT2D eigenvalue weighted by Crippen LogP contribution is 2.28. The molecule has 4 nitrogen and oxygen atoms in total. The van der Waals surface area contributed by atoms with Crippen LogP contribution in [0.15, 0.2) is 34.9 Å². The number of methoxy groups -OCH3 is 1. The first kappa shape index (κ1) is 13.1. The molecule has 0 fully saturated rings. The smallest absolute Gasteiger partial charge is 0.119 e. The summed E-state index contributed by atoms with van der Waals surface area (Å²) in [7, 11) is 3.55. The monoisotopic (exact) mass is 309 g/mol. The first-order chi connectivity index (χ1) is 8.60. The van der Waals surface area contributed by atoms with Crippen molar-refractivity contribution in [1.82, 2.24) is 9.78 Å². The van der Waals surface area contributed by atoms with Gasteiger partial charge in [0.25, 0.3) is 0 Å². The molecule has 0 bridgehead atoms. The Kier molecular flexibility index (Phi) is 4.04. The fraction of sp³-hybridized carbons (Fsp3) is 0.308. The van der Waals surface area contributed by atoms with Crippen LogP contribution in [0.3, 0.4) is 0 Å². The van der Waals surface area contributed by atoms with E-state index in [-0.39, 0.29) is 6.04 Å². The van der Waals surface area contributed by atoms with Crippen LogP contribution in [-0.4, -0.2) is 16.9 Å². The molecule has 2 N–H and O–H groups in total. The predicted octanol–water partition coefficient (Wildman–Crippen LogP) is 2.43. The van der Waals surface area contributed by atoms with Gasteiger partial charge in [-0.25, -0.2) is 0 Å². The summed E-state index contributed by atoms with van der Waals surface area (Å²) in [5, 5.41) is 4.34. The van der Waals surface area contributed by atoms with Gasteiger partial charge in [0, 0.05) is 30.2 Å². The highest BCUT2D eigenvalue weighted by atomic mass is 79.9. The molecule has 5 heteroatoms. The first-order valence-corrected chi connectivity index (χ1v) is 6.47. The number of halogens is 1. The molecule has 18 heavy (non-hydrogen) atoms. The molecule has 0 aliphatic carbocycles. The Labute approximate surface area is 115 Å². The number of aryl methyl sites for hydroxylation is 1. The summed E-state index contributed by atoms with van der Waals surface area (Å²) in [5.41, 5.74) is 8.24. The van der Waals surface area contributed by atoms with Gasteiger partial charge >= 0.3 is 0 Å². The molecule has 0 saturated carbocycles. The maximum Gasteiger partial charge on any atom is 0.119 e. The van der Waals surface area contributed by atoms with Gasteiger partial charge in [0.05, 0.1) is 12.8 Å². The van der Waals surface area contributed by atoms with Gasteiger partial charge in [-0.3, -0.25) is 4.68 Å². The Morgan fingerprint density at radius 1 is 1.44 bits per heavy atom. The summed E-state index contributed by atoms with van der Waals surface area (Å²) in [4.78, 5) is 0. The van der Waals surface area contributed by atoms with E-state index in [1.165, 1.54) is 0 Å². The molecule has 1 atom stereocenters. The van der Waals surface area contributed by atoms with Gasteiger partial charge in [-0.15, -0.1) is 0 Å². The number of hydrogen-bond acceptors (Lipinski definition) is 3. The van der Waals surface area contributed by atoms with Crippen molar-refractivity contribution in [3.63, 3.8) is 0 Å². The van der Waals surface area contributed by atoms with Crippen LogP contribution in [0.1, 0.15) is 17.3 Å². The van der Waals surface area contributed by atoms with Crippen LogP contribution in [0.5, 0.6) is 5.75 Å². The second-order valence-electron chi connectivity index (χ2n) is 4.18. The molecule has 1 aromatic carbocycles. The maximum absolute atomic E-state index is 6.23. The van der Waals surface area contributed by atoms with Gasteiger partial charge in [-0.05, 0) is 29.8 Å². The Hall–Kier alpha value is -1.33. The highest BCUT2D eigenvalue weighted by molar-refractivity contribution is 9.10. The van der Waals surface area contributed by atoms with E-state index in [0.717, 1.165) is 21.5 Å². The molecule has 2 rings (SSSR count). The van der Waals surface area contributed by atoms with Crippen LogP contribution in [0.4, 0.5) is 0 Å². The normalized spacial score (nSPS) is 12.4. The zero-order valence-electron chi connectivity index (χ0n) is 10.4. The average molecular weight is 310 g/mol. The van der Waals surface area contributed by atoms with E-state index >= 15 is 0 Å². The van der Waals surface area contributed by atoms with Crippen molar-refractivity contribution in [3.8, 4) is 5.75 Å². The SMILES string of the molecule is COc1ccc(Br)c(C(N)Cc2ccn(C)n2)c1. The molecule has 2 aromatic rings. The summed E-state index contributed by atoms with van der Waals surface area (Å²) >= 11 is 3.52. The lowest BCUT2D eigenvalue weighted by atomic mass is 10.0. The van der Waals surface area contributed by atoms with Crippen molar-refractivity contribution in [1.29, 1.82) is 0 Å². The van der Waals surface area contributed by atoms with Gasteiger partial charge in [-0.2, -0.15) is 5.10 Å². The molecule has 1 unspecified atom stereocenters. The average Bonchev–Trinajstić information content (AvgIpc) is 2.75. The third-order valence-electron chi connectivity index (χ3n) is 2.80. The van der Waals surface area contributed by atoms with Gasteiger partial charge in [0.1, 0.15) is 5.75 Å². The number of rotatable bonds is 4. The molecule has 0 aliphatic heterocycles. The van der Waals surface area contributed by atoms with E-state index < -0.39 is 0 Å². The van der Waals surface area contributed by atoms with E-state index in [4.69, 9.17) is 10.5 Å². The number of nitrogens with zero attached hydrogens (tertiary/aromatic N) is 2. The van der Waals surface area contributed by atoms with Crippen molar-refractivity contribution in [3.05, 3.63) is 46.2 Å². The Bertz CT molecular complexity index is 539. The second-order valence-corrected chi connectivity index (χ2v) is 5.03. The number of hydrogen-bond donors (Lipinski definition) is 1. The molecular weight excluding hydrogens is 294 g/mol. The van der Waals surface area contributed by atoms with Crippen LogP contribution in [0.25, 0.3) is 0 Å². The molecule has 1 heterocycles. The van der Waals surface area contributed by atoms with Gasteiger partial charge < -0.3 is 10.5 Å². The quantitative estimate of drug-likeness (QED) is 0.943. The fourth-order valence-electron chi connectivity index (χ4n) is 1.84. The zero-order chi connectivity index (χ0) is 13.1. The summed E-state index contributed by atoms with van der Waals surface area (Å²) in [5.74, 6) is 0.810. The molecule has 0 radical (unpaired) electrons. The van der Waals surface area contributed by atoms with Crippen LogP contribution >= 0.6 is 15.9 Å². The molecular formula is C13H16BrN3O. The largest absolute Gasteiger partial charge is 0.497 e. The third kappa shape index (κ3) is 2.91. The van der Waals surface area contributed by atoms with Crippen molar-refractivity contribution in [2.24, 2.45) is 12.8 Å². The Balaban J connectivity index is 2.20. The van der Waals surface area contributed by atoms with Gasteiger partial charge in [0.15, 0.2) is 0 Å². The van der Waals surface area contributed by atoms with E-state index in [1.807, 2.05) is 37.5 Å². The highest BCUT2D eigenvalue weighted by Gasteiger charge is 2.13. The number of aromatic nitrogens is 2. The second kappa shape index (κ2) is 5.54. The topological polar surface area (TPSA) is 53.1 Å². The summed E-state index contributed by atoms with van der Waals surface area (Å²) in [6.45, 7) is 0. The van der Waals surface area contributed by atoms with Crippen molar-refractivity contribution in [2.75, 3.05) is 7.11 Å². The van der Waals surface area contributed by atoms with Crippen molar-refractivity contribution < 1.29 is 4.74 Å². The first-order valence-electron chi connectivity index (χ1n) is 5.67. The zero-order valence-corrected chi connectivity index (χ0v) is 12.0. The minimum atomic E-state index is -0.107. The molecule has 0 aliphatic rings. The fourth-order valence-corrected chi connectivity index (χ4v) is 2.38. The molecule has 0 saturated heterocycles. The minimum Gasteiger partial charge on any atom is -0.497 e. The van der Waals surface area contributed by atoms with E-state index in [0.29, 0.717) is 6.42 Å². The lowest BCUT2D eigenvalue weighted by Crippen LogP contribution is -2.14. The van der Waals surface area contributed by atoms with Crippen LogP contribution < -0.4 is 10.5 Å². The van der Waals surface area contributed by atoms with Crippen LogP contribution in [-0.2, 0) is 13.5 Å². The number of ether oxygens (including phenoxy) is 1. The summed E-state index contributed by atoms with van der Waals surface area (Å²) in [6.07, 6.45) is 2.62. The van der Waals surface area contributed by atoms with Crippen LogP contribution in [0.2, 0.25) is 0 Å². The van der Waals surface area contributed by atoms with E-state index in [2.05, 4.69) is 21.0 Å².